The number of rotatable bonds is 6. The Kier molecular flexibility index (Phi) is 4.39. The van der Waals surface area contributed by atoms with Crippen LogP contribution < -0.4 is 10.5 Å². The second-order valence-electron chi connectivity index (χ2n) is 4.56. The molecule has 0 bridgehead atoms. The third kappa shape index (κ3) is 3.47. The Morgan fingerprint density at radius 2 is 2.00 bits per heavy atom. The molecule has 0 amide bonds. The summed E-state index contributed by atoms with van der Waals surface area (Å²) < 4.78 is 7.50. The average molecular weight is 260 g/mol. The lowest BCUT2D eigenvalue weighted by molar-refractivity contribution is 0.287. The number of aromatic nitrogens is 3. The first-order chi connectivity index (χ1) is 9.20. The quantitative estimate of drug-likeness (QED) is 0.864. The molecule has 1 aromatic carbocycles. The SMILES string of the molecule is CCCc1c(N)nnn1CCOc1ccc(C)cc1. The lowest BCUT2D eigenvalue weighted by Crippen LogP contribution is -2.12. The van der Waals surface area contributed by atoms with Gasteiger partial charge in [-0.2, -0.15) is 0 Å². The van der Waals surface area contributed by atoms with Crippen molar-refractivity contribution in [3.05, 3.63) is 35.5 Å². The van der Waals surface area contributed by atoms with Crippen LogP contribution in [-0.4, -0.2) is 21.6 Å². The summed E-state index contributed by atoms with van der Waals surface area (Å²) in [7, 11) is 0. The maximum absolute atomic E-state index is 5.79. The van der Waals surface area contributed by atoms with Crippen molar-refractivity contribution in [3.8, 4) is 5.75 Å². The van der Waals surface area contributed by atoms with Crippen LogP contribution in [0.3, 0.4) is 0 Å². The minimum Gasteiger partial charge on any atom is -0.492 e. The van der Waals surface area contributed by atoms with Gasteiger partial charge in [0.05, 0.1) is 12.2 Å². The maximum Gasteiger partial charge on any atom is 0.169 e. The number of aryl methyl sites for hydroxylation is 1. The molecule has 0 radical (unpaired) electrons. The van der Waals surface area contributed by atoms with Crippen molar-refractivity contribution in [1.82, 2.24) is 15.0 Å². The van der Waals surface area contributed by atoms with Gasteiger partial charge in [-0.05, 0) is 25.5 Å². The number of nitrogens with two attached hydrogens (primary N) is 1. The van der Waals surface area contributed by atoms with Crippen LogP contribution in [0.25, 0.3) is 0 Å². The molecule has 0 aliphatic carbocycles. The topological polar surface area (TPSA) is 66.0 Å². The van der Waals surface area contributed by atoms with Crippen molar-refractivity contribution in [2.45, 2.75) is 33.2 Å². The molecule has 1 heterocycles. The molecule has 2 rings (SSSR count). The Morgan fingerprint density at radius 1 is 1.26 bits per heavy atom. The predicted molar refractivity (Wildman–Crippen MR) is 75.1 cm³/mol. The molecule has 5 heteroatoms. The second-order valence-corrected chi connectivity index (χ2v) is 4.56. The standard InChI is InChI=1S/C14H20N4O/c1-3-4-13-14(15)16-17-18(13)9-10-19-12-7-5-11(2)6-8-12/h5-8H,3-4,9-10,15H2,1-2H3. The smallest absolute Gasteiger partial charge is 0.169 e. The molecule has 2 aromatic rings. The molecule has 0 spiro atoms. The molecule has 0 saturated carbocycles. The maximum atomic E-state index is 5.79. The number of nitrogen functional groups attached to an aromatic ring is 1. The van der Waals surface area contributed by atoms with Crippen LogP contribution in [0.4, 0.5) is 5.82 Å². The van der Waals surface area contributed by atoms with Crippen molar-refractivity contribution < 1.29 is 4.74 Å². The van der Waals surface area contributed by atoms with Gasteiger partial charge in [-0.25, -0.2) is 4.68 Å². The lowest BCUT2D eigenvalue weighted by atomic mass is 10.2. The highest BCUT2D eigenvalue weighted by atomic mass is 16.5. The molecule has 102 valence electrons. The third-order valence-electron chi connectivity index (χ3n) is 2.95. The van der Waals surface area contributed by atoms with Crippen molar-refractivity contribution in [2.75, 3.05) is 12.3 Å². The molecular weight excluding hydrogens is 240 g/mol. The number of benzene rings is 1. The summed E-state index contributed by atoms with van der Waals surface area (Å²) in [4.78, 5) is 0. The van der Waals surface area contributed by atoms with Gasteiger partial charge >= 0.3 is 0 Å². The number of hydrogen-bond donors (Lipinski definition) is 1. The summed E-state index contributed by atoms with van der Waals surface area (Å²) in [5, 5.41) is 7.95. The number of ether oxygens (including phenoxy) is 1. The van der Waals surface area contributed by atoms with Crippen LogP contribution in [0.15, 0.2) is 24.3 Å². The van der Waals surface area contributed by atoms with Crippen LogP contribution in [-0.2, 0) is 13.0 Å². The van der Waals surface area contributed by atoms with E-state index in [1.54, 1.807) is 0 Å². The third-order valence-corrected chi connectivity index (χ3v) is 2.95. The Bertz CT molecular complexity index is 519. The fourth-order valence-electron chi connectivity index (χ4n) is 1.90. The Labute approximate surface area is 113 Å². The van der Waals surface area contributed by atoms with Gasteiger partial charge in [0.1, 0.15) is 12.4 Å². The van der Waals surface area contributed by atoms with Crippen LogP contribution >= 0.6 is 0 Å². The first-order valence-corrected chi connectivity index (χ1v) is 6.58. The molecule has 0 atom stereocenters. The highest BCUT2D eigenvalue weighted by Crippen LogP contribution is 2.13. The van der Waals surface area contributed by atoms with Crippen molar-refractivity contribution in [3.63, 3.8) is 0 Å². The number of hydrogen-bond acceptors (Lipinski definition) is 4. The van der Waals surface area contributed by atoms with Crippen LogP contribution in [0, 0.1) is 6.92 Å². The largest absolute Gasteiger partial charge is 0.492 e. The molecule has 0 aliphatic rings. The highest BCUT2D eigenvalue weighted by molar-refractivity contribution is 5.32. The molecule has 19 heavy (non-hydrogen) atoms. The summed E-state index contributed by atoms with van der Waals surface area (Å²) in [6.45, 7) is 5.38. The summed E-state index contributed by atoms with van der Waals surface area (Å²) in [5.41, 5.74) is 8.01. The minimum absolute atomic E-state index is 0.525. The van der Waals surface area contributed by atoms with Gasteiger partial charge in [-0.3, -0.25) is 0 Å². The van der Waals surface area contributed by atoms with Gasteiger partial charge < -0.3 is 10.5 Å². The Morgan fingerprint density at radius 3 is 2.68 bits per heavy atom. The molecule has 0 unspecified atom stereocenters. The minimum atomic E-state index is 0.525. The summed E-state index contributed by atoms with van der Waals surface area (Å²) >= 11 is 0. The Balaban J connectivity index is 1.90. The molecule has 1 aromatic heterocycles. The second kappa shape index (κ2) is 6.22. The lowest BCUT2D eigenvalue weighted by Gasteiger charge is -2.08. The van der Waals surface area contributed by atoms with E-state index in [-0.39, 0.29) is 0 Å². The van der Waals surface area contributed by atoms with E-state index in [4.69, 9.17) is 10.5 Å². The predicted octanol–water partition coefficient (Wildman–Crippen LogP) is 2.20. The van der Waals surface area contributed by atoms with E-state index in [0.717, 1.165) is 24.3 Å². The van der Waals surface area contributed by atoms with E-state index in [1.807, 2.05) is 28.9 Å². The zero-order valence-corrected chi connectivity index (χ0v) is 11.5. The van der Waals surface area contributed by atoms with Gasteiger partial charge in [-0.1, -0.05) is 36.3 Å². The van der Waals surface area contributed by atoms with Gasteiger partial charge in [-0.15, -0.1) is 5.10 Å². The monoisotopic (exact) mass is 260 g/mol. The van der Waals surface area contributed by atoms with E-state index >= 15 is 0 Å². The van der Waals surface area contributed by atoms with Gasteiger partial charge in [0.25, 0.3) is 0 Å². The molecule has 2 N–H and O–H groups in total. The normalized spacial score (nSPS) is 10.6. The summed E-state index contributed by atoms with van der Waals surface area (Å²) in [6, 6.07) is 8.01. The number of nitrogens with zero attached hydrogens (tertiary/aromatic N) is 3. The molecule has 0 aliphatic heterocycles. The van der Waals surface area contributed by atoms with Gasteiger partial charge in [0.2, 0.25) is 0 Å². The van der Waals surface area contributed by atoms with Crippen molar-refractivity contribution in [2.24, 2.45) is 0 Å². The Hall–Kier alpha value is -2.04. The van der Waals surface area contributed by atoms with E-state index in [2.05, 4.69) is 24.2 Å². The first kappa shape index (κ1) is 13.4. The molecule has 0 saturated heterocycles. The highest BCUT2D eigenvalue weighted by Gasteiger charge is 2.08. The average Bonchev–Trinajstić information content (AvgIpc) is 2.74. The van der Waals surface area contributed by atoms with Crippen molar-refractivity contribution >= 4 is 5.82 Å². The van der Waals surface area contributed by atoms with E-state index in [0.29, 0.717) is 19.0 Å². The summed E-state index contributed by atoms with van der Waals surface area (Å²) in [5.74, 6) is 1.40. The molecule has 0 fully saturated rings. The fourth-order valence-corrected chi connectivity index (χ4v) is 1.90. The van der Waals surface area contributed by atoms with E-state index in [9.17, 15) is 0 Å². The van der Waals surface area contributed by atoms with Crippen LogP contribution in [0.1, 0.15) is 24.6 Å². The molecule has 5 nitrogen and oxygen atoms in total. The summed E-state index contributed by atoms with van der Waals surface area (Å²) in [6.07, 6.45) is 1.92. The van der Waals surface area contributed by atoms with Gasteiger partial charge in [0, 0.05) is 0 Å². The first-order valence-electron chi connectivity index (χ1n) is 6.58. The van der Waals surface area contributed by atoms with Crippen LogP contribution in [0.2, 0.25) is 0 Å². The molecular formula is C14H20N4O. The zero-order valence-electron chi connectivity index (χ0n) is 11.5. The van der Waals surface area contributed by atoms with E-state index < -0.39 is 0 Å². The number of anilines is 1. The fraction of sp³-hybridized carbons (Fsp3) is 0.429. The zero-order chi connectivity index (χ0) is 13.7. The van der Waals surface area contributed by atoms with E-state index in [1.165, 1.54) is 5.56 Å². The van der Waals surface area contributed by atoms with Gasteiger partial charge in [0.15, 0.2) is 5.82 Å². The van der Waals surface area contributed by atoms with Crippen LogP contribution in [0.5, 0.6) is 5.75 Å². The van der Waals surface area contributed by atoms with Crippen molar-refractivity contribution in [1.29, 1.82) is 0 Å².